The molecule has 0 aromatic carbocycles. The zero-order valence-electron chi connectivity index (χ0n) is 13.8. The maximum absolute atomic E-state index is 12.5. The Bertz CT molecular complexity index is 688. The highest BCUT2D eigenvalue weighted by Gasteiger charge is 2.33. The van der Waals surface area contributed by atoms with E-state index in [0.29, 0.717) is 12.5 Å². The summed E-state index contributed by atoms with van der Waals surface area (Å²) >= 11 is 0. The topological polar surface area (TPSA) is 61.1 Å². The molecule has 1 saturated carbocycles. The number of fused-ring (bicyclic) bond motifs is 1. The molecule has 2 atom stereocenters. The van der Waals surface area contributed by atoms with E-state index in [2.05, 4.69) is 9.88 Å². The van der Waals surface area contributed by atoms with E-state index >= 15 is 0 Å². The second-order valence-electron chi connectivity index (χ2n) is 6.86. The summed E-state index contributed by atoms with van der Waals surface area (Å²) in [4.78, 5) is 21.3. The van der Waals surface area contributed by atoms with Crippen LogP contribution in [-0.4, -0.2) is 68.5 Å². The van der Waals surface area contributed by atoms with Crippen molar-refractivity contribution >= 4 is 11.6 Å². The fourth-order valence-electron chi connectivity index (χ4n) is 3.99. The predicted molar refractivity (Wildman–Crippen MR) is 90.7 cm³/mol. The molecule has 1 N–H and O–H groups in total. The van der Waals surface area contributed by atoms with Crippen LogP contribution in [0, 0.1) is 0 Å². The highest BCUT2D eigenvalue weighted by Crippen LogP contribution is 2.25. The molecule has 6 heteroatoms. The fourth-order valence-corrected chi connectivity index (χ4v) is 3.99. The summed E-state index contributed by atoms with van der Waals surface area (Å²) < 4.78 is 1.95. The van der Waals surface area contributed by atoms with Gasteiger partial charge < -0.3 is 14.4 Å². The van der Waals surface area contributed by atoms with Crippen molar-refractivity contribution in [2.24, 2.45) is 0 Å². The molecule has 6 nitrogen and oxygen atoms in total. The Morgan fingerprint density at radius 2 is 2.04 bits per heavy atom. The minimum atomic E-state index is -0.190. The maximum Gasteiger partial charge on any atom is 0.228 e. The summed E-state index contributed by atoms with van der Waals surface area (Å²) in [5, 5.41) is 10.0. The lowest BCUT2D eigenvalue weighted by Gasteiger charge is -2.39. The Kier molecular flexibility index (Phi) is 4.24. The van der Waals surface area contributed by atoms with Crippen molar-refractivity contribution in [3.63, 3.8) is 0 Å². The van der Waals surface area contributed by atoms with E-state index in [1.165, 1.54) is 0 Å². The van der Waals surface area contributed by atoms with Crippen molar-refractivity contribution in [1.29, 1.82) is 0 Å². The van der Waals surface area contributed by atoms with Crippen molar-refractivity contribution in [1.82, 2.24) is 19.2 Å². The van der Waals surface area contributed by atoms with Gasteiger partial charge in [0.25, 0.3) is 0 Å². The number of piperazine rings is 1. The number of nitrogens with zero attached hydrogens (tertiary/aromatic N) is 4. The number of imidazole rings is 1. The summed E-state index contributed by atoms with van der Waals surface area (Å²) in [6.07, 6.45) is 7.14. The molecule has 4 rings (SSSR count). The third-order valence-corrected chi connectivity index (χ3v) is 5.33. The first-order valence-electron chi connectivity index (χ1n) is 8.83. The fraction of sp³-hybridized carbons (Fsp3) is 0.556. The number of hydrogen-bond donors (Lipinski definition) is 1. The summed E-state index contributed by atoms with van der Waals surface area (Å²) in [5.74, 6) is 0.144. The van der Waals surface area contributed by atoms with Crippen LogP contribution in [0.2, 0.25) is 0 Å². The van der Waals surface area contributed by atoms with Gasteiger partial charge in [-0.05, 0) is 31.4 Å². The summed E-state index contributed by atoms with van der Waals surface area (Å²) in [6, 6.07) is 6.14. The molecule has 1 aliphatic carbocycles. The standard InChI is InChI=1S/C18H24N4O2/c23-16-5-3-4-15(16)20-8-10-21(11-9-20)18(24)12-14-13-22-7-2-1-6-17(22)19-14/h1-2,6-7,13,15-16,23H,3-5,8-12H2. The van der Waals surface area contributed by atoms with Gasteiger partial charge in [0.15, 0.2) is 0 Å². The van der Waals surface area contributed by atoms with Crippen LogP contribution in [0.5, 0.6) is 0 Å². The molecule has 1 amide bonds. The van der Waals surface area contributed by atoms with Gasteiger partial charge >= 0.3 is 0 Å². The van der Waals surface area contributed by atoms with E-state index in [4.69, 9.17) is 0 Å². The largest absolute Gasteiger partial charge is 0.391 e. The third-order valence-electron chi connectivity index (χ3n) is 5.33. The van der Waals surface area contributed by atoms with Gasteiger partial charge in [-0.1, -0.05) is 6.07 Å². The van der Waals surface area contributed by atoms with Gasteiger partial charge in [-0.15, -0.1) is 0 Å². The molecule has 128 valence electrons. The molecule has 0 radical (unpaired) electrons. The lowest BCUT2D eigenvalue weighted by molar-refractivity contribution is -0.132. The van der Waals surface area contributed by atoms with Crippen LogP contribution in [0.1, 0.15) is 25.0 Å². The van der Waals surface area contributed by atoms with E-state index in [9.17, 15) is 9.90 Å². The molecule has 0 spiro atoms. The van der Waals surface area contributed by atoms with Crippen molar-refractivity contribution in [2.75, 3.05) is 26.2 Å². The van der Waals surface area contributed by atoms with Gasteiger partial charge in [0.05, 0.1) is 18.2 Å². The lowest BCUT2D eigenvalue weighted by Crippen LogP contribution is -2.53. The number of hydrogen-bond acceptors (Lipinski definition) is 4. The second kappa shape index (κ2) is 6.53. The first-order valence-corrected chi connectivity index (χ1v) is 8.83. The van der Waals surface area contributed by atoms with Gasteiger partial charge in [0.2, 0.25) is 5.91 Å². The van der Waals surface area contributed by atoms with E-state index in [0.717, 1.165) is 56.8 Å². The number of rotatable bonds is 3. The SMILES string of the molecule is O=C(Cc1cn2ccccc2n1)N1CCN(C2CCCC2O)CC1. The Morgan fingerprint density at radius 3 is 2.75 bits per heavy atom. The van der Waals surface area contributed by atoms with Crippen LogP contribution in [0.3, 0.4) is 0 Å². The van der Waals surface area contributed by atoms with Crippen LogP contribution < -0.4 is 0 Å². The molecule has 1 saturated heterocycles. The second-order valence-corrected chi connectivity index (χ2v) is 6.86. The maximum atomic E-state index is 12.5. The average molecular weight is 328 g/mol. The Morgan fingerprint density at radius 1 is 1.21 bits per heavy atom. The van der Waals surface area contributed by atoms with Gasteiger partial charge in [-0.3, -0.25) is 9.69 Å². The first-order chi connectivity index (χ1) is 11.7. The van der Waals surface area contributed by atoms with Gasteiger partial charge in [0, 0.05) is 44.6 Å². The zero-order chi connectivity index (χ0) is 16.5. The number of amides is 1. The number of pyridine rings is 1. The molecule has 2 aromatic heterocycles. The van der Waals surface area contributed by atoms with Gasteiger partial charge in [-0.2, -0.15) is 0 Å². The van der Waals surface area contributed by atoms with Crippen LogP contribution in [0.25, 0.3) is 5.65 Å². The molecule has 24 heavy (non-hydrogen) atoms. The van der Waals surface area contributed by atoms with Gasteiger partial charge in [0.1, 0.15) is 5.65 Å². The minimum Gasteiger partial charge on any atom is -0.391 e. The molecule has 2 fully saturated rings. The summed E-state index contributed by atoms with van der Waals surface area (Å²) in [5.41, 5.74) is 1.69. The number of aliphatic hydroxyl groups is 1. The quantitative estimate of drug-likeness (QED) is 0.911. The summed E-state index contributed by atoms with van der Waals surface area (Å²) in [7, 11) is 0. The predicted octanol–water partition coefficient (Wildman–Crippen LogP) is 0.934. The molecule has 2 aliphatic rings. The molecule has 3 heterocycles. The highest BCUT2D eigenvalue weighted by atomic mass is 16.3. The molecule has 2 unspecified atom stereocenters. The van der Waals surface area contributed by atoms with Crippen LogP contribution in [-0.2, 0) is 11.2 Å². The van der Waals surface area contributed by atoms with Crippen molar-refractivity contribution in [2.45, 2.75) is 37.8 Å². The van der Waals surface area contributed by atoms with Crippen LogP contribution in [0.15, 0.2) is 30.6 Å². The number of carbonyl (C=O) groups excluding carboxylic acids is 1. The van der Waals surface area contributed by atoms with Crippen LogP contribution in [0.4, 0.5) is 0 Å². The third kappa shape index (κ3) is 3.03. The van der Waals surface area contributed by atoms with E-state index in [1.54, 1.807) is 0 Å². The molecule has 0 bridgehead atoms. The first kappa shape index (κ1) is 15.6. The lowest BCUT2D eigenvalue weighted by atomic mass is 10.1. The van der Waals surface area contributed by atoms with Crippen molar-refractivity contribution in [3.8, 4) is 0 Å². The summed E-state index contributed by atoms with van der Waals surface area (Å²) in [6.45, 7) is 3.21. The normalized spacial score (nSPS) is 25.5. The molecular formula is C18H24N4O2. The minimum absolute atomic E-state index is 0.144. The van der Waals surface area contributed by atoms with E-state index in [-0.39, 0.29) is 12.0 Å². The zero-order valence-corrected chi connectivity index (χ0v) is 13.8. The number of aliphatic hydroxyl groups excluding tert-OH is 1. The highest BCUT2D eigenvalue weighted by molar-refractivity contribution is 5.78. The van der Waals surface area contributed by atoms with Crippen molar-refractivity contribution < 1.29 is 9.90 Å². The Hall–Kier alpha value is -1.92. The van der Waals surface area contributed by atoms with Crippen LogP contribution >= 0.6 is 0 Å². The molecule has 1 aliphatic heterocycles. The molecule has 2 aromatic rings. The Labute approximate surface area is 141 Å². The molecular weight excluding hydrogens is 304 g/mol. The van der Waals surface area contributed by atoms with E-state index < -0.39 is 0 Å². The Balaban J connectivity index is 1.34. The van der Waals surface area contributed by atoms with Crippen molar-refractivity contribution in [3.05, 3.63) is 36.3 Å². The van der Waals surface area contributed by atoms with E-state index in [1.807, 2.05) is 39.9 Å². The number of carbonyl (C=O) groups is 1. The van der Waals surface area contributed by atoms with Gasteiger partial charge in [-0.25, -0.2) is 4.98 Å². The smallest absolute Gasteiger partial charge is 0.228 e. The number of aromatic nitrogens is 2. The monoisotopic (exact) mass is 328 g/mol. The average Bonchev–Trinajstić information content (AvgIpc) is 3.20.